The molecule has 0 aromatic heterocycles. The van der Waals surface area contributed by atoms with Gasteiger partial charge in [-0.15, -0.1) is 24.0 Å². The highest BCUT2D eigenvalue weighted by atomic mass is 127. The number of aliphatic imine (C=N–C) groups is 1. The van der Waals surface area contributed by atoms with Gasteiger partial charge in [-0.25, -0.2) is 0 Å². The van der Waals surface area contributed by atoms with Crippen LogP contribution in [0.15, 0.2) is 41.4 Å². The smallest absolute Gasteiger partial charge is 0.191 e. The minimum atomic E-state index is 0. The molecule has 0 spiro atoms. The molecule has 0 heterocycles. The van der Waals surface area contributed by atoms with E-state index in [0.717, 1.165) is 30.1 Å². The highest BCUT2D eigenvalue weighted by Gasteiger charge is 2.11. The zero-order valence-electron chi connectivity index (χ0n) is 13.7. The second-order valence-electron chi connectivity index (χ2n) is 5.20. The summed E-state index contributed by atoms with van der Waals surface area (Å²) in [6.07, 6.45) is 6.52. The Morgan fingerprint density at radius 1 is 1.26 bits per heavy atom. The molecule has 0 amide bonds. The zero-order chi connectivity index (χ0) is 15.6. The minimum absolute atomic E-state index is 0. The van der Waals surface area contributed by atoms with E-state index in [1.54, 1.807) is 14.2 Å². The van der Waals surface area contributed by atoms with Crippen molar-refractivity contribution in [2.24, 2.45) is 4.99 Å². The average Bonchev–Trinajstić information content (AvgIpc) is 3.05. The summed E-state index contributed by atoms with van der Waals surface area (Å²) in [6, 6.07) is 8.51. The lowest BCUT2D eigenvalue weighted by atomic mass is 10.2. The number of hydrogen-bond acceptors (Lipinski definition) is 3. The Morgan fingerprint density at radius 3 is 2.74 bits per heavy atom. The summed E-state index contributed by atoms with van der Waals surface area (Å²) in [6.45, 7) is 1.86. The standard InChI is InChI=1S/C17H25N3O2.HI/c1-18-17(20-15-7-3-4-8-15)19-13-14-6-5-9-16(12-14)22-11-10-21-2;/h3-6,9,12,15H,7-8,10-11,13H2,1-2H3,(H2,18,19,20);1H. The summed E-state index contributed by atoms with van der Waals surface area (Å²) in [7, 11) is 3.46. The number of benzene rings is 1. The Balaban J connectivity index is 0.00000264. The van der Waals surface area contributed by atoms with Crippen LogP contribution in [0.25, 0.3) is 0 Å². The van der Waals surface area contributed by atoms with E-state index in [2.05, 4.69) is 33.8 Å². The second kappa shape index (κ2) is 11.3. The van der Waals surface area contributed by atoms with Crippen LogP contribution >= 0.6 is 24.0 Å². The first-order valence-electron chi connectivity index (χ1n) is 7.64. The fourth-order valence-electron chi connectivity index (χ4n) is 2.30. The SMILES string of the molecule is CN=C(NCc1cccc(OCCOC)c1)NC1CC=CC1.I. The van der Waals surface area contributed by atoms with Crippen molar-refractivity contribution in [3.05, 3.63) is 42.0 Å². The third-order valence-corrected chi connectivity index (χ3v) is 3.49. The van der Waals surface area contributed by atoms with Crippen LogP contribution in [0.2, 0.25) is 0 Å². The summed E-state index contributed by atoms with van der Waals surface area (Å²) in [5, 5.41) is 6.76. The summed E-state index contributed by atoms with van der Waals surface area (Å²) in [5.74, 6) is 1.69. The van der Waals surface area contributed by atoms with Crippen LogP contribution in [0.5, 0.6) is 5.75 Å². The van der Waals surface area contributed by atoms with Crippen LogP contribution in [0.3, 0.4) is 0 Å². The number of rotatable bonds is 7. The summed E-state index contributed by atoms with van der Waals surface area (Å²) >= 11 is 0. The number of hydrogen-bond donors (Lipinski definition) is 2. The van der Waals surface area contributed by atoms with Crippen molar-refractivity contribution in [2.45, 2.75) is 25.4 Å². The lowest BCUT2D eigenvalue weighted by molar-refractivity contribution is 0.146. The molecule has 1 aliphatic carbocycles. The molecule has 0 saturated heterocycles. The lowest BCUT2D eigenvalue weighted by Gasteiger charge is -2.17. The molecule has 0 unspecified atom stereocenters. The normalized spacial score (nSPS) is 14.4. The Hall–Kier alpha value is -1.28. The quantitative estimate of drug-likeness (QED) is 0.229. The Morgan fingerprint density at radius 2 is 2.04 bits per heavy atom. The first-order chi connectivity index (χ1) is 10.8. The third kappa shape index (κ3) is 7.22. The number of nitrogens with one attached hydrogen (secondary N) is 2. The van der Waals surface area contributed by atoms with E-state index in [9.17, 15) is 0 Å². The molecule has 0 fully saturated rings. The van der Waals surface area contributed by atoms with Crippen molar-refractivity contribution < 1.29 is 9.47 Å². The van der Waals surface area contributed by atoms with Crippen molar-refractivity contribution >= 4 is 29.9 Å². The largest absolute Gasteiger partial charge is 0.491 e. The van der Waals surface area contributed by atoms with E-state index in [1.807, 2.05) is 18.2 Å². The van der Waals surface area contributed by atoms with Gasteiger partial charge < -0.3 is 20.1 Å². The van der Waals surface area contributed by atoms with E-state index in [0.29, 0.717) is 25.8 Å². The van der Waals surface area contributed by atoms with E-state index < -0.39 is 0 Å². The molecule has 23 heavy (non-hydrogen) atoms. The molecular formula is C17H26IN3O2. The van der Waals surface area contributed by atoms with Gasteiger partial charge in [0.2, 0.25) is 0 Å². The van der Waals surface area contributed by atoms with Crippen LogP contribution in [0.4, 0.5) is 0 Å². The summed E-state index contributed by atoms with van der Waals surface area (Å²) in [4.78, 5) is 4.27. The van der Waals surface area contributed by atoms with Gasteiger partial charge in [0.15, 0.2) is 5.96 Å². The molecular weight excluding hydrogens is 405 g/mol. The van der Waals surface area contributed by atoms with Crippen LogP contribution in [-0.4, -0.2) is 39.4 Å². The molecule has 6 heteroatoms. The van der Waals surface area contributed by atoms with Gasteiger partial charge in [-0.2, -0.15) is 0 Å². The first kappa shape index (κ1) is 19.8. The molecule has 128 valence electrons. The third-order valence-electron chi connectivity index (χ3n) is 3.49. The number of ether oxygens (including phenoxy) is 2. The van der Waals surface area contributed by atoms with Crippen LogP contribution in [-0.2, 0) is 11.3 Å². The molecule has 0 radical (unpaired) electrons. The Kier molecular flexibility index (Phi) is 9.70. The number of guanidine groups is 1. The van der Waals surface area contributed by atoms with Crippen LogP contribution in [0.1, 0.15) is 18.4 Å². The maximum absolute atomic E-state index is 5.62. The molecule has 0 atom stereocenters. The van der Waals surface area contributed by atoms with Gasteiger partial charge in [0.1, 0.15) is 12.4 Å². The number of methoxy groups -OCH3 is 1. The van der Waals surface area contributed by atoms with Gasteiger partial charge in [-0.05, 0) is 30.5 Å². The van der Waals surface area contributed by atoms with Gasteiger partial charge in [0.25, 0.3) is 0 Å². The maximum Gasteiger partial charge on any atom is 0.191 e. The molecule has 0 saturated carbocycles. The summed E-state index contributed by atoms with van der Waals surface area (Å²) in [5.41, 5.74) is 1.16. The number of nitrogens with zero attached hydrogens (tertiary/aromatic N) is 1. The van der Waals surface area contributed by atoms with Gasteiger partial charge in [-0.1, -0.05) is 24.3 Å². The molecule has 1 aromatic carbocycles. The molecule has 1 aliphatic rings. The lowest BCUT2D eigenvalue weighted by Crippen LogP contribution is -2.42. The maximum atomic E-state index is 5.62. The van der Waals surface area contributed by atoms with Gasteiger partial charge >= 0.3 is 0 Å². The van der Waals surface area contributed by atoms with Gasteiger partial charge in [0, 0.05) is 26.7 Å². The monoisotopic (exact) mass is 431 g/mol. The molecule has 0 bridgehead atoms. The van der Waals surface area contributed by atoms with Gasteiger partial charge in [0.05, 0.1) is 6.61 Å². The zero-order valence-corrected chi connectivity index (χ0v) is 16.1. The summed E-state index contributed by atoms with van der Waals surface area (Å²) < 4.78 is 10.6. The highest BCUT2D eigenvalue weighted by molar-refractivity contribution is 14.0. The Bertz CT molecular complexity index is 512. The van der Waals surface area contributed by atoms with E-state index >= 15 is 0 Å². The highest BCUT2D eigenvalue weighted by Crippen LogP contribution is 2.13. The van der Waals surface area contributed by atoms with Crippen molar-refractivity contribution in [1.82, 2.24) is 10.6 Å². The average molecular weight is 431 g/mol. The van der Waals surface area contributed by atoms with Crippen LogP contribution in [0, 0.1) is 0 Å². The van der Waals surface area contributed by atoms with E-state index in [4.69, 9.17) is 9.47 Å². The minimum Gasteiger partial charge on any atom is -0.491 e. The molecule has 5 nitrogen and oxygen atoms in total. The van der Waals surface area contributed by atoms with Crippen molar-refractivity contribution in [1.29, 1.82) is 0 Å². The van der Waals surface area contributed by atoms with Crippen molar-refractivity contribution in [3.63, 3.8) is 0 Å². The molecule has 0 aliphatic heterocycles. The van der Waals surface area contributed by atoms with Crippen molar-refractivity contribution in [2.75, 3.05) is 27.4 Å². The Labute approximate surface area is 155 Å². The predicted octanol–water partition coefficient (Wildman–Crippen LogP) is 2.71. The second-order valence-corrected chi connectivity index (χ2v) is 5.20. The molecule has 2 rings (SSSR count). The van der Waals surface area contributed by atoms with Crippen molar-refractivity contribution in [3.8, 4) is 5.75 Å². The van der Waals surface area contributed by atoms with E-state index in [1.165, 1.54) is 0 Å². The fraction of sp³-hybridized carbons (Fsp3) is 0.471. The fourth-order valence-corrected chi connectivity index (χ4v) is 2.30. The predicted molar refractivity (Wildman–Crippen MR) is 105 cm³/mol. The molecule has 2 N–H and O–H groups in total. The molecule has 1 aromatic rings. The van der Waals surface area contributed by atoms with Gasteiger partial charge in [-0.3, -0.25) is 4.99 Å². The first-order valence-corrected chi connectivity index (χ1v) is 7.64. The van der Waals surface area contributed by atoms with E-state index in [-0.39, 0.29) is 24.0 Å². The van der Waals surface area contributed by atoms with Crippen LogP contribution < -0.4 is 15.4 Å². The topological polar surface area (TPSA) is 54.9 Å². The number of halogens is 1.